The third-order valence-electron chi connectivity index (χ3n) is 6.99. The molecule has 0 amide bonds. The lowest BCUT2D eigenvalue weighted by Gasteiger charge is -2.33. The number of allylic oxidation sites excluding steroid dienone is 4. The van der Waals surface area contributed by atoms with E-state index in [0.29, 0.717) is 5.69 Å². The molecule has 4 nitrogen and oxygen atoms in total. The number of hydrogen-bond donors (Lipinski definition) is 4. The number of nitrogens with one attached hydrogen (secondary N) is 2. The Bertz CT molecular complexity index is 1240. The van der Waals surface area contributed by atoms with Crippen LogP contribution in [-0.4, -0.2) is 16.5 Å². The second kappa shape index (κ2) is 10.6. The van der Waals surface area contributed by atoms with Crippen LogP contribution in [0.15, 0.2) is 97.1 Å². The summed E-state index contributed by atoms with van der Waals surface area (Å²) in [4.78, 5) is 0. The maximum absolute atomic E-state index is 10.8. The lowest BCUT2D eigenvalue weighted by molar-refractivity contribution is 0.453. The third-order valence-corrected chi connectivity index (χ3v) is 6.99. The van der Waals surface area contributed by atoms with Gasteiger partial charge >= 0.3 is 0 Å². The molecular formula is C31H35N3O. The highest BCUT2D eigenvalue weighted by Crippen LogP contribution is 2.44. The quantitative estimate of drug-likeness (QED) is 0.183. The summed E-state index contributed by atoms with van der Waals surface area (Å²) in [5.41, 5.74) is 11.1. The van der Waals surface area contributed by atoms with Gasteiger partial charge in [-0.25, -0.2) is 0 Å². The van der Waals surface area contributed by atoms with Crippen LogP contribution in [0.1, 0.15) is 56.4 Å². The van der Waals surface area contributed by atoms with Crippen molar-refractivity contribution in [3.63, 3.8) is 0 Å². The molecule has 1 aliphatic rings. The summed E-state index contributed by atoms with van der Waals surface area (Å²) in [6.07, 6.45) is 7.64. The van der Waals surface area contributed by atoms with Crippen molar-refractivity contribution in [1.82, 2.24) is 0 Å². The molecule has 4 rings (SSSR count). The van der Waals surface area contributed by atoms with Crippen LogP contribution in [0.4, 0.5) is 5.69 Å². The van der Waals surface area contributed by atoms with Crippen LogP contribution in [0, 0.1) is 10.8 Å². The van der Waals surface area contributed by atoms with Crippen molar-refractivity contribution in [3.8, 4) is 5.75 Å². The van der Waals surface area contributed by atoms with Crippen molar-refractivity contribution < 1.29 is 5.11 Å². The van der Waals surface area contributed by atoms with E-state index in [2.05, 4.69) is 70.2 Å². The highest BCUT2D eigenvalue weighted by Gasteiger charge is 2.32. The lowest BCUT2D eigenvalue weighted by atomic mass is 9.70. The van der Waals surface area contributed by atoms with Crippen LogP contribution in [0.2, 0.25) is 0 Å². The van der Waals surface area contributed by atoms with Crippen LogP contribution in [-0.2, 0) is 10.8 Å². The van der Waals surface area contributed by atoms with Crippen LogP contribution in [0.25, 0.3) is 0 Å². The molecule has 0 fully saturated rings. The summed E-state index contributed by atoms with van der Waals surface area (Å²) in [7, 11) is 0. The predicted molar refractivity (Wildman–Crippen MR) is 148 cm³/mol. The first kappa shape index (κ1) is 25.7. The molecule has 0 saturated carbocycles. The number of nitrogens with two attached hydrogens (primary N) is 1. The smallest absolute Gasteiger partial charge is 0.142 e. The van der Waals surface area contributed by atoms with Crippen molar-refractivity contribution in [1.29, 1.82) is 10.8 Å². The molecule has 0 aliphatic heterocycles. The highest BCUT2D eigenvalue weighted by atomic mass is 16.3. The van der Waals surface area contributed by atoms with Crippen molar-refractivity contribution >= 4 is 17.1 Å². The van der Waals surface area contributed by atoms with Gasteiger partial charge in [-0.05, 0) is 41.3 Å². The zero-order valence-corrected chi connectivity index (χ0v) is 21.0. The summed E-state index contributed by atoms with van der Waals surface area (Å²) >= 11 is 0. The largest absolute Gasteiger partial charge is 0.505 e. The molecule has 0 aromatic heterocycles. The van der Waals surface area contributed by atoms with Gasteiger partial charge in [-0.3, -0.25) is 10.8 Å². The Kier molecular flexibility index (Phi) is 7.75. The zero-order chi connectivity index (χ0) is 25.6. The minimum atomic E-state index is -0.360. The second-order valence-corrected chi connectivity index (χ2v) is 9.55. The molecule has 0 spiro atoms. The van der Waals surface area contributed by atoms with E-state index in [1.807, 2.05) is 30.3 Å². The Hall–Kier alpha value is -3.92. The fourth-order valence-electron chi connectivity index (χ4n) is 4.33. The van der Waals surface area contributed by atoms with Gasteiger partial charge in [-0.15, -0.1) is 0 Å². The molecule has 0 heterocycles. The van der Waals surface area contributed by atoms with E-state index in [4.69, 9.17) is 16.6 Å². The molecule has 1 unspecified atom stereocenters. The molecule has 3 aromatic rings. The maximum atomic E-state index is 10.8. The van der Waals surface area contributed by atoms with Crippen molar-refractivity contribution in [2.45, 2.75) is 44.9 Å². The number of phenols is 1. The van der Waals surface area contributed by atoms with Crippen LogP contribution < -0.4 is 5.73 Å². The van der Waals surface area contributed by atoms with Crippen molar-refractivity contribution in [2.24, 2.45) is 0 Å². The summed E-state index contributed by atoms with van der Waals surface area (Å²) in [5, 5.41) is 24.9. The van der Waals surface area contributed by atoms with Gasteiger partial charge in [0.1, 0.15) is 5.75 Å². The Morgan fingerprint density at radius 3 is 1.69 bits per heavy atom. The summed E-state index contributed by atoms with van der Waals surface area (Å²) in [6, 6.07) is 24.8. The van der Waals surface area contributed by atoms with Gasteiger partial charge < -0.3 is 10.8 Å². The molecule has 180 valence electrons. The van der Waals surface area contributed by atoms with Gasteiger partial charge in [0.2, 0.25) is 0 Å². The molecule has 4 heteroatoms. The van der Waals surface area contributed by atoms with Crippen LogP contribution in [0.5, 0.6) is 5.75 Å². The molecule has 1 aliphatic carbocycles. The first-order chi connectivity index (χ1) is 16.6. The fourth-order valence-corrected chi connectivity index (χ4v) is 4.33. The summed E-state index contributed by atoms with van der Waals surface area (Å²) in [5.74, 6) is 0.180. The molecule has 0 saturated heterocycles. The van der Waals surface area contributed by atoms with E-state index >= 15 is 0 Å². The average molecular weight is 466 g/mol. The minimum Gasteiger partial charge on any atom is -0.505 e. The van der Waals surface area contributed by atoms with E-state index in [0.717, 1.165) is 23.1 Å². The van der Waals surface area contributed by atoms with Gasteiger partial charge in [0.25, 0.3) is 0 Å². The molecule has 5 N–H and O–H groups in total. The number of benzene rings is 3. The predicted octanol–water partition coefficient (Wildman–Crippen LogP) is 7.17. The first-order valence-corrected chi connectivity index (χ1v) is 11.9. The molecule has 35 heavy (non-hydrogen) atoms. The molecule has 0 radical (unpaired) electrons. The van der Waals surface area contributed by atoms with E-state index < -0.39 is 0 Å². The van der Waals surface area contributed by atoms with E-state index in [1.165, 1.54) is 5.56 Å². The normalized spacial score (nSPS) is 14.7. The van der Waals surface area contributed by atoms with Gasteiger partial charge in [0.05, 0.1) is 17.1 Å². The highest BCUT2D eigenvalue weighted by molar-refractivity contribution is 6.48. The lowest BCUT2D eigenvalue weighted by Crippen LogP contribution is -2.25. The Morgan fingerprint density at radius 1 is 0.743 bits per heavy atom. The first-order valence-electron chi connectivity index (χ1n) is 11.9. The van der Waals surface area contributed by atoms with Gasteiger partial charge in [0.15, 0.2) is 0 Å². The number of rotatable bonds is 5. The number of nitrogen functional groups attached to an aromatic ring is 1. The van der Waals surface area contributed by atoms with Crippen molar-refractivity contribution in [3.05, 3.63) is 119 Å². The van der Waals surface area contributed by atoms with E-state index in [-0.39, 0.29) is 28.0 Å². The number of phenolic OH excluding ortho intramolecular Hbond substituents is 1. The van der Waals surface area contributed by atoms with Gasteiger partial charge in [-0.1, -0.05) is 107 Å². The topological polar surface area (TPSA) is 93.9 Å². The molecule has 0 bridgehead atoms. The SMILES string of the molecule is CCC(C)(c1ccccc1)c1cc(N)c(O)c(C(C)(C)c2ccccc2)c1.N=C1C=CC=CC1=N. The number of aromatic hydroxyl groups is 1. The van der Waals surface area contributed by atoms with Crippen LogP contribution in [0.3, 0.4) is 0 Å². The van der Waals surface area contributed by atoms with Gasteiger partial charge in [-0.2, -0.15) is 0 Å². The molecule has 1 atom stereocenters. The number of hydrogen-bond acceptors (Lipinski definition) is 4. The van der Waals surface area contributed by atoms with E-state index in [1.54, 1.807) is 24.3 Å². The summed E-state index contributed by atoms with van der Waals surface area (Å²) in [6.45, 7) is 8.70. The molecular weight excluding hydrogens is 430 g/mol. The minimum absolute atomic E-state index is 0.176. The third kappa shape index (κ3) is 5.43. The fraction of sp³-hybridized carbons (Fsp3) is 0.226. The Balaban J connectivity index is 0.000000363. The Labute approximate surface area is 208 Å². The van der Waals surface area contributed by atoms with E-state index in [9.17, 15) is 5.11 Å². The maximum Gasteiger partial charge on any atom is 0.142 e. The molecule has 3 aromatic carbocycles. The Morgan fingerprint density at radius 2 is 1.23 bits per heavy atom. The zero-order valence-electron chi connectivity index (χ0n) is 21.0. The van der Waals surface area contributed by atoms with Crippen molar-refractivity contribution in [2.75, 3.05) is 5.73 Å². The second-order valence-electron chi connectivity index (χ2n) is 9.55. The number of anilines is 1. The average Bonchev–Trinajstić information content (AvgIpc) is 2.88. The summed E-state index contributed by atoms with van der Waals surface area (Å²) < 4.78 is 0. The standard InChI is InChI=1S/C25H29NO.C6H6N2/c1-5-25(4,19-14-10-7-11-15-19)20-16-21(23(27)22(26)17-20)24(2,3)18-12-8-6-9-13-18;7-5-3-1-2-4-6(5)8/h6-17,27H,5,26H2,1-4H3;1-4,7-8H. The van der Waals surface area contributed by atoms with Crippen LogP contribution >= 0.6 is 0 Å². The van der Waals surface area contributed by atoms with Gasteiger partial charge in [0, 0.05) is 16.4 Å². The monoisotopic (exact) mass is 465 g/mol.